The van der Waals surface area contributed by atoms with Crippen molar-refractivity contribution in [3.8, 4) is 0 Å². The van der Waals surface area contributed by atoms with Crippen molar-refractivity contribution in [2.45, 2.75) is 25.3 Å². The topological polar surface area (TPSA) is 24.1 Å². The van der Waals surface area contributed by atoms with Gasteiger partial charge >= 0.3 is 0 Å². The van der Waals surface area contributed by atoms with E-state index in [2.05, 4.69) is 10.6 Å². The molecule has 1 aliphatic heterocycles. The van der Waals surface area contributed by atoms with Crippen LogP contribution in [0.4, 0.5) is 0 Å². The van der Waals surface area contributed by atoms with E-state index in [9.17, 15) is 0 Å². The Labute approximate surface area is 57.0 Å². The summed E-state index contributed by atoms with van der Waals surface area (Å²) < 4.78 is 0. The first kappa shape index (κ1) is 7.03. The molecule has 0 aromatic rings. The van der Waals surface area contributed by atoms with Crippen LogP contribution in [0.5, 0.6) is 0 Å². The largest absolute Gasteiger partial charge is 0.316 e. The fraction of sp³-hybridized carbons (Fsp3) is 1.00. The van der Waals surface area contributed by atoms with Gasteiger partial charge in [-0.05, 0) is 26.4 Å². The Hall–Kier alpha value is -0.0800. The van der Waals surface area contributed by atoms with Crippen molar-refractivity contribution in [3.63, 3.8) is 0 Å². The van der Waals surface area contributed by atoms with Crippen molar-refractivity contribution in [2.24, 2.45) is 0 Å². The van der Waals surface area contributed by atoms with Gasteiger partial charge in [-0.1, -0.05) is 6.42 Å². The summed E-state index contributed by atoms with van der Waals surface area (Å²) in [5, 5.41) is 6.67. The lowest BCUT2D eigenvalue weighted by Gasteiger charge is -2.11. The van der Waals surface area contributed by atoms with Crippen molar-refractivity contribution >= 4 is 0 Å². The van der Waals surface area contributed by atoms with Crippen molar-refractivity contribution in [3.05, 3.63) is 0 Å². The molecule has 0 saturated carbocycles. The maximum absolute atomic E-state index is 3.39. The zero-order chi connectivity index (χ0) is 6.53. The summed E-state index contributed by atoms with van der Waals surface area (Å²) in [5.41, 5.74) is 0. The maximum Gasteiger partial charge on any atom is 0.0189 e. The molecule has 0 aromatic heterocycles. The minimum atomic E-state index is 0.715. The lowest BCUT2D eigenvalue weighted by Crippen LogP contribution is -2.34. The van der Waals surface area contributed by atoms with Crippen LogP contribution in [-0.4, -0.2) is 26.2 Å². The van der Waals surface area contributed by atoms with Crippen LogP contribution < -0.4 is 10.6 Å². The second kappa shape index (κ2) is 3.85. The fourth-order valence-electron chi connectivity index (χ4n) is 1.27. The zero-order valence-corrected chi connectivity index (χ0v) is 6.11. The molecule has 1 heterocycles. The summed E-state index contributed by atoms with van der Waals surface area (Å²) >= 11 is 0. The van der Waals surface area contributed by atoms with Gasteiger partial charge in [-0.3, -0.25) is 0 Å². The Kier molecular flexibility index (Phi) is 3.01. The molecule has 0 bridgehead atoms. The van der Waals surface area contributed by atoms with E-state index in [1.165, 1.54) is 25.8 Å². The van der Waals surface area contributed by atoms with Gasteiger partial charge in [0.05, 0.1) is 0 Å². The second-order valence-electron chi connectivity index (χ2n) is 2.69. The van der Waals surface area contributed by atoms with Crippen molar-refractivity contribution in [2.75, 3.05) is 20.1 Å². The van der Waals surface area contributed by atoms with Crippen LogP contribution in [-0.2, 0) is 0 Å². The van der Waals surface area contributed by atoms with Gasteiger partial charge in [-0.2, -0.15) is 0 Å². The average Bonchev–Trinajstić information content (AvgIpc) is 2.13. The first-order valence-electron chi connectivity index (χ1n) is 3.81. The Bertz CT molecular complexity index is 65.3. The van der Waals surface area contributed by atoms with E-state index >= 15 is 0 Å². The van der Waals surface area contributed by atoms with Crippen LogP contribution in [0.3, 0.4) is 0 Å². The van der Waals surface area contributed by atoms with E-state index in [0.29, 0.717) is 6.04 Å². The highest BCUT2D eigenvalue weighted by Crippen LogP contribution is 2.02. The first-order valence-corrected chi connectivity index (χ1v) is 3.81. The highest BCUT2D eigenvalue weighted by molar-refractivity contribution is 4.70. The molecule has 1 fully saturated rings. The normalized spacial score (nSPS) is 29.7. The summed E-state index contributed by atoms with van der Waals surface area (Å²) in [6.07, 6.45) is 4.06. The summed E-state index contributed by atoms with van der Waals surface area (Å²) in [7, 11) is 2.04. The molecule has 54 valence electrons. The van der Waals surface area contributed by atoms with Gasteiger partial charge in [0.25, 0.3) is 0 Å². The van der Waals surface area contributed by atoms with E-state index in [4.69, 9.17) is 0 Å². The molecule has 1 aliphatic rings. The van der Waals surface area contributed by atoms with Crippen molar-refractivity contribution in [1.82, 2.24) is 10.6 Å². The number of rotatable bonds is 1. The molecule has 0 aromatic carbocycles. The van der Waals surface area contributed by atoms with E-state index in [0.717, 1.165) is 6.54 Å². The van der Waals surface area contributed by atoms with Crippen molar-refractivity contribution in [1.29, 1.82) is 0 Å². The molecule has 2 nitrogen and oxygen atoms in total. The Morgan fingerprint density at radius 1 is 1.44 bits per heavy atom. The standard InChI is InChI=1S/C7H16N2/c1-8-7-4-2-3-5-9-6-7/h7-9H,2-6H2,1H3/t7-/m1/s1. The van der Waals surface area contributed by atoms with Crippen LogP contribution in [0, 0.1) is 0 Å². The van der Waals surface area contributed by atoms with Crippen LogP contribution in [0.15, 0.2) is 0 Å². The number of nitrogens with one attached hydrogen (secondary N) is 2. The van der Waals surface area contributed by atoms with E-state index in [-0.39, 0.29) is 0 Å². The SMILES string of the molecule is CN[C@@H]1CCCCNC1. The van der Waals surface area contributed by atoms with Gasteiger partial charge in [0.2, 0.25) is 0 Å². The van der Waals surface area contributed by atoms with Gasteiger partial charge in [0, 0.05) is 12.6 Å². The number of hydrogen-bond acceptors (Lipinski definition) is 2. The molecule has 1 atom stereocenters. The first-order chi connectivity index (χ1) is 4.43. The van der Waals surface area contributed by atoms with Crippen LogP contribution in [0.25, 0.3) is 0 Å². The summed E-state index contributed by atoms with van der Waals surface area (Å²) in [6.45, 7) is 2.36. The minimum absolute atomic E-state index is 0.715. The van der Waals surface area contributed by atoms with Gasteiger partial charge in [0.1, 0.15) is 0 Å². The molecule has 1 saturated heterocycles. The highest BCUT2D eigenvalue weighted by Gasteiger charge is 2.07. The molecule has 0 unspecified atom stereocenters. The second-order valence-corrected chi connectivity index (χ2v) is 2.69. The minimum Gasteiger partial charge on any atom is -0.316 e. The molecule has 0 radical (unpaired) electrons. The molecule has 0 spiro atoms. The van der Waals surface area contributed by atoms with E-state index in [1.807, 2.05) is 7.05 Å². The smallest absolute Gasteiger partial charge is 0.0189 e. The third-order valence-electron chi connectivity index (χ3n) is 1.96. The summed E-state index contributed by atoms with van der Waals surface area (Å²) in [6, 6.07) is 0.715. The molecule has 2 heteroatoms. The predicted molar refractivity (Wildman–Crippen MR) is 39.6 cm³/mol. The van der Waals surface area contributed by atoms with E-state index in [1.54, 1.807) is 0 Å². The van der Waals surface area contributed by atoms with Gasteiger partial charge in [0.15, 0.2) is 0 Å². The fourth-order valence-corrected chi connectivity index (χ4v) is 1.27. The lowest BCUT2D eigenvalue weighted by molar-refractivity contribution is 0.516. The highest BCUT2D eigenvalue weighted by atomic mass is 15.0. The molecule has 9 heavy (non-hydrogen) atoms. The van der Waals surface area contributed by atoms with Crippen LogP contribution in [0.1, 0.15) is 19.3 Å². The molecular weight excluding hydrogens is 112 g/mol. The van der Waals surface area contributed by atoms with Crippen molar-refractivity contribution < 1.29 is 0 Å². The number of hydrogen-bond donors (Lipinski definition) is 2. The number of likely N-dealkylation sites (N-methyl/N-ethyl adjacent to an activating group) is 1. The van der Waals surface area contributed by atoms with E-state index < -0.39 is 0 Å². The Morgan fingerprint density at radius 2 is 2.33 bits per heavy atom. The molecule has 0 amide bonds. The summed E-state index contributed by atoms with van der Waals surface area (Å²) in [4.78, 5) is 0. The van der Waals surface area contributed by atoms with Crippen LogP contribution in [0.2, 0.25) is 0 Å². The average molecular weight is 128 g/mol. The quantitative estimate of drug-likeness (QED) is 0.532. The Morgan fingerprint density at radius 3 is 3.11 bits per heavy atom. The molecule has 1 rings (SSSR count). The summed E-state index contributed by atoms with van der Waals surface area (Å²) in [5.74, 6) is 0. The van der Waals surface area contributed by atoms with Gasteiger partial charge in [-0.15, -0.1) is 0 Å². The molecular formula is C7H16N2. The van der Waals surface area contributed by atoms with Gasteiger partial charge in [-0.25, -0.2) is 0 Å². The predicted octanol–water partition coefficient (Wildman–Crippen LogP) is 0.348. The molecule has 2 N–H and O–H groups in total. The molecule has 0 aliphatic carbocycles. The monoisotopic (exact) mass is 128 g/mol. The van der Waals surface area contributed by atoms with Crippen LogP contribution >= 0.6 is 0 Å². The zero-order valence-electron chi connectivity index (χ0n) is 6.11. The third kappa shape index (κ3) is 2.33. The third-order valence-corrected chi connectivity index (χ3v) is 1.96. The Balaban J connectivity index is 2.18. The maximum atomic E-state index is 3.39. The lowest BCUT2D eigenvalue weighted by atomic mass is 10.1. The van der Waals surface area contributed by atoms with Gasteiger partial charge < -0.3 is 10.6 Å².